The molecule has 0 aliphatic carbocycles. The largest absolute Gasteiger partial charge is 0.465 e. The second-order valence-corrected chi connectivity index (χ2v) is 6.00. The van der Waals surface area contributed by atoms with E-state index in [1.807, 2.05) is 24.3 Å². The smallest absolute Gasteiger partial charge is 0.407 e. The topological polar surface area (TPSA) is 93.4 Å². The lowest BCUT2D eigenvalue weighted by atomic mass is 9.97. The molecule has 0 spiro atoms. The van der Waals surface area contributed by atoms with Crippen LogP contribution in [0.3, 0.4) is 0 Å². The molecule has 0 fully saturated rings. The van der Waals surface area contributed by atoms with Crippen LogP contribution < -0.4 is 5.32 Å². The van der Waals surface area contributed by atoms with E-state index in [9.17, 15) is 9.59 Å². The Balaban J connectivity index is 1.68. The van der Waals surface area contributed by atoms with E-state index in [1.165, 1.54) is 11.0 Å². The molecular formula is C20H17N3O3. The zero-order valence-corrected chi connectivity index (χ0v) is 14.0. The van der Waals surface area contributed by atoms with Gasteiger partial charge in [0.25, 0.3) is 0 Å². The highest BCUT2D eigenvalue weighted by molar-refractivity contribution is 6.02. The van der Waals surface area contributed by atoms with Crippen LogP contribution in [0.1, 0.15) is 22.3 Å². The van der Waals surface area contributed by atoms with Gasteiger partial charge < -0.3 is 15.3 Å². The first kappa shape index (κ1) is 17.2. The number of hydrogen-bond donors (Lipinski definition) is 2. The van der Waals surface area contributed by atoms with Gasteiger partial charge in [0.15, 0.2) is 0 Å². The van der Waals surface area contributed by atoms with Crippen LogP contribution in [-0.2, 0) is 17.8 Å². The SMILES string of the molecule is N#Cc1cccc(NC(=O)C=Cc2ccc3c(c2)CN(C(=O)O)CC3)c1. The number of carbonyl (C=O) groups is 2. The first-order valence-electron chi connectivity index (χ1n) is 8.14. The molecule has 1 heterocycles. The Labute approximate surface area is 151 Å². The molecule has 0 radical (unpaired) electrons. The molecule has 6 heteroatoms. The number of carbonyl (C=O) groups excluding carboxylic acids is 1. The highest BCUT2D eigenvalue weighted by Gasteiger charge is 2.19. The zero-order valence-electron chi connectivity index (χ0n) is 14.0. The Morgan fingerprint density at radius 1 is 1.19 bits per heavy atom. The van der Waals surface area contributed by atoms with Crippen molar-refractivity contribution >= 4 is 23.8 Å². The van der Waals surface area contributed by atoms with Crippen molar-refractivity contribution in [2.24, 2.45) is 0 Å². The highest BCUT2D eigenvalue weighted by Crippen LogP contribution is 2.21. The number of rotatable bonds is 3. The maximum absolute atomic E-state index is 12.0. The monoisotopic (exact) mass is 347 g/mol. The Hall–Kier alpha value is -3.59. The van der Waals surface area contributed by atoms with E-state index >= 15 is 0 Å². The quantitative estimate of drug-likeness (QED) is 0.834. The van der Waals surface area contributed by atoms with Gasteiger partial charge in [-0.15, -0.1) is 0 Å². The lowest BCUT2D eigenvalue weighted by Gasteiger charge is -2.26. The highest BCUT2D eigenvalue weighted by atomic mass is 16.4. The summed E-state index contributed by atoms with van der Waals surface area (Å²) in [6.45, 7) is 0.862. The summed E-state index contributed by atoms with van der Waals surface area (Å²) in [4.78, 5) is 24.6. The molecule has 0 aromatic heterocycles. The minimum atomic E-state index is -0.921. The molecular weight excluding hydrogens is 330 g/mol. The standard InChI is InChI=1S/C20H17N3O3/c21-12-15-2-1-3-18(11-15)22-19(24)7-5-14-4-6-16-8-9-23(20(25)26)13-17(16)10-14/h1-7,10-11H,8-9,13H2,(H,22,24)(H,25,26). The van der Waals surface area contributed by atoms with Crippen LogP contribution >= 0.6 is 0 Å². The first-order chi connectivity index (χ1) is 12.5. The molecule has 6 nitrogen and oxygen atoms in total. The molecule has 2 N–H and O–H groups in total. The lowest BCUT2D eigenvalue weighted by Crippen LogP contribution is -2.34. The molecule has 0 unspecified atom stereocenters. The Morgan fingerprint density at radius 3 is 2.81 bits per heavy atom. The summed E-state index contributed by atoms with van der Waals surface area (Å²) >= 11 is 0. The van der Waals surface area contributed by atoms with Crippen LogP contribution in [0.15, 0.2) is 48.5 Å². The van der Waals surface area contributed by atoms with Crippen molar-refractivity contribution < 1.29 is 14.7 Å². The van der Waals surface area contributed by atoms with Gasteiger partial charge in [-0.2, -0.15) is 5.26 Å². The van der Waals surface area contributed by atoms with Crippen molar-refractivity contribution in [2.45, 2.75) is 13.0 Å². The van der Waals surface area contributed by atoms with Crippen molar-refractivity contribution in [3.8, 4) is 6.07 Å². The van der Waals surface area contributed by atoms with Gasteiger partial charge in [-0.05, 0) is 53.5 Å². The molecule has 130 valence electrons. The minimum Gasteiger partial charge on any atom is -0.465 e. The first-order valence-corrected chi connectivity index (χ1v) is 8.14. The Bertz CT molecular complexity index is 928. The molecule has 26 heavy (non-hydrogen) atoms. The molecule has 1 aliphatic heterocycles. The van der Waals surface area contributed by atoms with Crippen LogP contribution in [0, 0.1) is 11.3 Å². The second-order valence-electron chi connectivity index (χ2n) is 6.00. The van der Waals surface area contributed by atoms with Crippen LogP contribution in [0.4, 0.5) is 10.5 Å². The molecule has 0 saturated carbocycles. The van der Waals surface area contributed by atoms with Gasteiger partial charge in [0.2, 0.25) is 5.91 Å². The lowest BCUT2D eigenvalue weighted by molar-refractivity contribution is -0.111. The van der Waals surface area contributed by atoms with Crippen molar-refractivity contribution in [1.29, 1.82) is 5.26 Å². The number of carboxylic acid groups (broad SMARTS) is 1. The molecule has 0 saturated heterocycles. The van der Waals surface area contributed by atoms with Crippen molar-refractivity contribution in [2.75, 3.05) is 11.9 Å². The number of fused-ring (bicyclic) bond motifs is 1. The number of nitrogens with one attached hydrogen (secondary N) is 1. The number of hydrogen-bond acceptors (Lipinski definition) is 3. The number of nitrogens with zero attached hydrogens (tertiary/aromatic N) is 2. The predicted molar refractivity (Wildman–Crippen MR) is 97.4 cm³/mol. The molecule has 2 amide bonds. The maximum Gasteiger partial charge on any atom is 0.407 e. The third-order valence-corrected chi connectivity index (χ3v) is 4.20. The van der Waals surface area contributed by atoms with E-state index in [1.54, 1.807) is 30.3 Å². The van der Waals surface area contributed by atoms with Gasteiger partial charge in [-0.3, -0.25) is 4.79 Å². The normalized spacial score (nSPS) is 13.1. The van der Waals surface area contributed by atoms with Crippen molar-refractivity contribution in [1.82, 2.24) is 4.90 Å². The molecule has 2 aromatic rings. The molecule has 0 atom stereocenters. The van der Waals surface area contributed by atoms with Crippen LogP contribution in [-0.4, -0.2) is 28.6 Å². The summed E-state index contributed by atoms with van der Waals surface area (Å²) < 4.78 is 0. The fourth-order valence-corrected chi connectivity index (χ4v) is 2.87. The predicted octanol–water partition coefficient (Wildman–Crippen LogP) is 3.25. The van der Waals surface area contributed by atoms with E-state index in [4.69, 9.17) is 10.4 Å². The third-order valence-electron chi connectivity index (χ3n) is 4.20. The summed E-state index contributed by atoms with van der Waals surface area (Å²) in [5.74, 6) is -0.301. The Morgan fingerprint density at radius 2 is 2.04 bits per heavy atom. The minimum absolute atomic E-state index is 0.301. The average molecular weight is 347 g/mol. The van der Waals surface area contributed by atoms with Gasteiger partial charge in [0, 0.05) is 24.9 Å². The third kappa shape index (κ3) is 4.08. The summed E-state index contributed by atoms with van der Waals surface area (Å²) in [6.07, 6.45) is 2.87. The second kappa shape index (κ2) is 7.53. The van der Waals surface area contributed by atoms with Crippen molar-refractivity contribution in [3.63, 3.8) is 0 Å². The molecule has 2 aromatic carbocycles. The summed E-state index contributed by atoms with van der Waals surface area (Å²) in [6, 6.07) is 14.5. The van der Waals surface area contributed by atoms with Gasteiger partial charge in [0.1, 0.15) is 0 Å². The fourth-order valence-electron chi connectivity index (χ4n) is 2.87. The van der Waals surface area contributed by atoms with E-state index in [-0.39, 0.29) is 5.91 Å². The number of benzene rings is 2. The summed E-state index contributed by atoms with van der Waals surface area (Å²) in [5, 5.41) is 20.7. The number of amides is 2. The number of anilines is 1. The maximum atomic E-state index is 12.0. The zero-order chi connectivity index (χ0) is 18.5. The molecule has 3 rings (SSSR count). The van der Waals surface area contributed by atoms with E-state index in [0.29, 0.717) is 30.8 Å². The van der Waals surface area contributed by atoms with Gasteiger partial charge >= 0.3 is 6.09 Å². The van der Waals surface area contributed by atoms with Crippen molar-refractivity contribution in [3.05, 3.63) is 70.8 Å². The van der Waals surface area contributed by atoms with Gasteiger partial charge in [-0.1, -0.05) is 18.2 Å². The number of nitriles is 1. The van der Waals surface area contributed by atoms with E-state index in [0.717, 1.165) is 16.7 Å². The molecule has 1 aliphatic rings. The van der Waals surface area contributed by atoms with Gasteiger partial charge in [-0.25, -0.2) is 4.79 Å². The average Bonchev–Trinajstić information content (AvgIpc) is 2.65. The van der Waals surface area contributed by atoms with Gasteiger partial charge in [0.05, 0.1) is 11.6 Å². The van der Waals surface area contributed by atoms with Crippen LogP contribution in [0.25, 0.3) is 6.08 Å². The molecule has 0 bridgehead atoms. The van der Waals surface area contributed by atoms with E-state index in [2.05, 4.69) is 5.32 Å². The fraction of sp³-hybridized carbons (Fsp3) is 0.150. The van der Waals surface area contributed by atoms with Crippen LogP contribution in [0.5, 0.6) is 0 Å². The summed E-state index contributed by atoms with van der Waals surface area (Å²) in [5.41, 5.74) is 3.96. The van der Waals surface area contributed by atoms with Crippen LogP contribution in [0.2, 0.25) is 0 Å². The van der Waals surface area contributed by atoms with E-state index < -0.39 is 6.09 Å². The Kier molecular flexibility index (Phi) is 4.99. The summed E-state index contributed by atoms with van der Waals surface area (Å²) in [7, 11) is 0.